The van der Waals surface area contributed by atoms with Crippen molar-refractivity contribution in [2.45, 2.75) is 51.6 Å². The third kappa shape index (κ3) is 3.74. The fourth-order valence-corrected chi connectivity index (χ4v) is 3.25. The Balaban J connectivity index is 1.74. The maximum absolute atomic E-state index is 12.7. The highest BCUT2D eigenvalue weighted by molar-refractivity contribution is 6.23. The molecule has 2 aliphatic heterocycles. The fourth-order valence-electron chi connectivity index (χ4n) is 3.25. The van der Waals surface area contributed by atoms with Crippen LogP contribution in [0, 0.1) is 0 Å². The van der Waals surface area contributed by atoms with Crippen LogP contribution in [0.25, 0.3) is 0 Å². The van der Waals surface area contributed by atoms with E-state index in [1.165, 1.54) is 6.07 Å². The van der Waals surface area contributed by atoms with Crippen LogP contribution in [0.15, 0.2) is 18.2 Å². The lowest BCUT2D eigenvalue weighted by Crippen LogP contribution is -2.54. The van der Waals surface area contributed by atoms with Crippen LogP contribution >= 0.6 is 0 Å². The summed E-state index contributed by atoms with van der Waals surface area (Å²) in [6.45, 7) is 2.26. The Kier molecular flexibility index (Phi) is 5.34. The summed E-state index contributed by atoms with van der Waals surface area (Å²) >= 11 is 0. The lowest BCUT2D eigenvalue weighted by Gasteiger charge is -2.27. The molecule has 2 heterocycles. The monoisotopic (exact) mass is 371 g/mol. The molecule has 1 fully saturated rings. The van der Waals surface area contributed by atoms with Gasteiger partial charge in [-0.1, -0.05) is 19.4 Å². The van der Waals surface area contributed by atoms with Gasteiger partial charge in [0, 0.05) is 19.4 Å². The van der Waals surface area contributed by atoms with E-state index in [2.05, 4.69) is 10.6 Å². The fraction of sp³-hybridized carbons (Fsp3) is 0.421. The average molecular weight is 371 g/mol. The summed E-state index contributed by atoms with van der Waals surface area (Å²) < 4.78 is 0. The molecule has 142 valence electrons. The van der Waals surface area contributed by atoms with Crippen LogP contribution in [0.1, 0.15) is 65.3 Å². The molecule has 0 bridgehead atoms. The van der Waals surface area contributed by atoms with Gasteiger partial charge in [0.1, 0.15) is 6.04 Å². The largest absolute Gasteiger partial charge is 0.352 e. The summed E-state index contributed by atoms with van der Waals surface area (Å²) in [5.74, 6) is -2.20. The Bertz CT molecular complexity index is 833. The van der Waals surface area contributed by atoms with Crippen molar-refractivity contribution in [1.82, 2.24) is 15.5 Å². The summed E-state index contributed by atoms with van der Waals surface area (Å²) in [5, 5.41) is 4.95. The van der Waals surface area contributed by atoms with Crippen LogP contribution in [-0.2, 0) is 20.9 Å². The molecule has 0 aromatic heterocycles. The summed E-state index contributed by atoms with van der Waals surface area (Å²) in [5.41, 5.74) is 1.14. The quantitative estimate of drug-likeness (QED) is 0.721. The molecule has 3 rings (SSSR count). The van der Waals surface area contributed by atoms with Crippen molar-refractivity contribution in [3.63, 3.8) is 0 Å². The second-order valence-corrected chi connectivity index (χ2v) is 6.71. The Morgan fingerprint density at radius 2 is 1.93 bits per heavy atom. The number of benzene rings is 1. The van der Waals surface area contributed by atoms with Crippen molar-refractivity contribution in [2.75, 3.05) is 0 Å². The standard InChI is InChI=1S/C19H21N3O5/c1-2-3-4-15(23)20-10-11-5-6-12-13(9-11)19(27)22(18(12)26)14-7-8-16(24)21-17(14)25/h5-6,9,14H,2-4,7-8,10H2,1H3,(H,20,23)(H,21,24,25). The number of unbranched alkanes of at least 4 members (excludes halogenated alkanes) is 1. The predicted octanol–water partition coefficient (Wildman–Crippen LogP) is 0.894. The number of carbonyl (C=O) groups is 5. The number of piperidine rings is 1. The molecule has 2 N–H and O–H groups in total. The highest BCUT2D eigenvalue weighted by atomic mass is 16.2. The first kappa shape index (κ1) is 18.8. The van der Waals surface area contributed by atoms with Gasteiger partial charge in [-0.25, -0.2) is 0 Å². The maximum Gasteiger partial charge on any atom is 0.262 e. The first-order valence-corrected chi connectivity index (χ1v) is 9.03. The first-order chi connectivity index (χ1) is 12.9. The Morgan fingerprint density at radius 1 is 1.19 bits per heavy atom. The molecule has 1 aromatic rings. The van der Waals surface area contributed by atoms with E-state index >= 15 is 0 Å². The maximum atomic E-state index is 12.7. The summed E-state index contributed by atoms with van der Waals surface area (Å²) in [4.78, 5) is 61.3. The van der Waals surface area contributed by atoms with Gasteiger partial charge in [0.25, 0.3) is 11.8 Å². The molecule has 1 saturated heterocycles. The SMILES string of the molecule is CCCCC(=O)NCc1ccc2c(c1)C(=O)N(C1CCC(=O)NC1=O)C2=O. The topological polar surface area (TPSA) is 113 Å². The smallest absolute Gasteiger partial charge is 0.262 e. The van der Waals surface area contributed by atoms with Gasteiger partial charge in [0.05, 0.1) is 11.1 Å². The van der Waals surface area contributed by atoms with Crippen LogP contribution in [0.2, 0.25) is 0 Å². The van der Waals surface area contributed by atoms with Crippen molar-refractivity contribution in [2.24, 2.45) is 0 Å². The average Bonchev–Trinajstić information content (AvgIpc) is 2.89. The molecule has 0 aliphatic carbocycles. The third-order valence-electron chi connectivity index (χ3n) is 4.75. The highest BCUT2D eigenvalue weighted by Crippen LogP contribution is 2.28. The minimum Gasteiger partial charge on any atom is -0.352 e. The first-order valence-electron chi connectivity index (χ1n) is 9.03. The van der Waals surface area contributed by atoms with Gasteiger partial charge in [-0.2, -0.15) is 0 Å². The molecule has 8 nitrogen and oxygen atoms in total. The van der Waals surface area contributed by atoms with E-state index in [0.717, 1.165) is 17.7 Å². The van der Waals surface area contributed by atoms with Crippen LogP contribution in [-0.4, -0.2) is 40.5 Å². The summed E-state index contributed by atoms with van der Waals surface area (Å²) in [6, 6.07) is 3.81. The van der Waals surface area contributed by atoms with Gasteiger partial charge in [0.2, 0.25) is 17.7 Å². The van der Waals surface area contributed by atoms with E-state index in [9.17, 15) is 24.0 Å². The molecule has 1 unspecified atom stereocenters. The molecule has 27 heavy (non-hydrogen) atoms. The van der Waals surface area contributed by atoms with Crippen molar-refractivity contribution >= 4 is 29.5 Å². The van der Waals surface area contributed by atoms with E-state index in [1.807, 2.05) is 6.92 Å². The van der Waals surface area contributed by atoms with E-state index < -0.39 is 29.7 Å². The van der Waals surface area contributed by atoms with E-state index in [0.29, 0.717) is 12.0 Å². The Labute approximate surface area is 156 Å². The van der Waals surface area contributed by atoms with E-state index in [-0.39, 0.29) is 36.4 Å². The Morgan fingerprint density at radius 3 is 2.63 bits per heavy atom. The van der Waals surface area contributed by atoms with Gasteiger partial charge in [-0.05, 0) is 30.5 Å². The second-order valence-electron chi connectivity index (χ2n) is 6.71. The Hall–Kier alpha value is -3.03. The van der Waals surface area contributed by atoms with Crippen molar-refractivity contribution in [1.29, 1.82) is 0 Å². The molecule has 5 amide bonds. The van der Waals surface area contributed by atoms with E-state index in [4.69, 9.17) is 0 Å². The van der Waals surface area contributed by atoms with Gasteiger partial charge < -0.3 is 5.32 Å². The zero-order valence-corrected chi connectivity index (χ0v) is 15.0. The number of amides is 5. The number of carbonyl (C=O) groups excluding carboxylic acids is 5. The zero-order valence-electron chi connectivity index (χ0n) is 15.0. The number of rotatable bonds is 6. The third-order valence-corrected chi connectivity index (χ3v) is 4.75. The number of hydrogen-bond donors (Lipinski definition) is 2. The van der Waals surface area contributed by atoms with Gasteiger partial charge in [-0.15, -0.1) is 0 Å². The molecule has 2 aliphatic rings. The molecule has 0 saturated carbocycles. The number of fused-ring (bicyclic) bond motifs is 1. The molecule has 0 radical (unpaired) electrons. The minimum atomic E-state index is -0.979. The molecule has 1 aromatic carbocycles. The molecular weight excluding hydrogens is 350 g/mol. The highest BCUT2D eigenvalue weighted by Gasteiger charge is 2.44. The van der Waals surface area contributed by atoms with Gasteiger partial charge in [0.15, 0.2) is 0 Å². The van der Waals surface area contributed by atoms with Crippen molar-refractivity contribution in [3.05, 3.63) is 34.9 Å². The number of imide groups is 2. The predicted molar refractivity (Wildman–Crippen MR) is 94.5 cm³/mol. The number of hydrogen-bond acceptors (Lipinski definition) is 5. The number of nitrogens with zero attached hydrogens (tertiary/aromatic N) is 1. The zero-order chi connectivity index (χ0) is 19.6. The molecule has 0 spiro atoms. The summed E-state index contributed by atoms with van der Waals surface area (Å²) in [7, 11) is 0. The lowest BCUT2D eigenvalue weighted by molar-refractivity contribution is -0.136. The minimum absolute atomic E-state index is 0.0649. The molecule has 8 heteroatoms. The van der Waals surface area contributed by atoms with Crippen LogP contribution in [0.3, 0.4) is 0 Å². The van der Waals surface area contributed by atoms with E-state index in [1.54, 1.807) is 12.1 Å². The number of nitrogens with one attached hydrogen (secondary N) is 2. The second kappa shape index (κ2) is 7.69. The lowest BCUT2D eigenvalue weighted by atomic mass is 10.0. The van der Waals surface area contributed by atoms with Crippen LogP contribution < -0.4 is 10.6 Å². The van der Waals surface area contributed by atoms with Crippen LogP contribution in [0.4, 0.5) is 0 Å². The van der Waals surface area contributed by atoms with Gasteiger partial charge >= 0.3 is 0 Å². The van der Waals surface area contributed by atoms with Gasteiger partial charge in [-0.3, -0.25) is 34.2 Å². The van der Waals surface area contributed by atoms with Crippen LogP contribution in [0.5, 0.6) is 0 Å². The van der Waals surface area contributed by atoms with Crippen molar-refractivity contribution < 1.29 is 24.0 Å². The summed E-state index contributed by atoms with van der Waals surface area (Å²) in [6.07, 6.45) is 2.39. The normalized spacial score (nSPS) is 19.1. The van der Waals surface area contributed by atoms with Crippen molar-refractivity contribution in [3.8, 4) is 0 Å². The molecule has 1 atom stereocenters. The molecular formula is C19H21N3O5.